The summed E-state index contributed by atoms with van der Waals surface area (Å²) in [7, 11) is 0. The Bertz CT molecular complexity index is 1020. The van der Waals surface area contributed by atoms with E-state index in [2.05, 4.69) is 5.10 Å². The molecule has 0 heterocycles. The number of aromatic hydroxyl groups is 1. The summed E-state index contributed by atoms with van der Waals surface area (Å²) in [6.07, 6.45) is 2.58. The standard InChI is InChI=1S/C22H29N5O6/c1-3-6-17-19(10-8-16(14(2)28)21(17)29)32-11-4-5-12-33-20-9-7-15(22(23)25-26-24)13-18(20)27(30)31/h7-10,13,26,29H,3-6,11-12,24H2,1-2H3,(H2,23,25). The average molecular weight is 460 g/mol. The van der Waals surface area contributed by atoms with E-state index in [1.54, 1.807) is 18.2 Å². The van der Waals surface area contributed by atoms with Crippen LogP contribution in [0.2, 0.25) is 0 Å². The molecule has 33 heavy (non-hydrogen) atoms. The van der Waals surface area contributed by atoms with Gasteiger partial charge in [0.25, 0.3) is 0 Å². The number of carbonyl (C=O) groups is 1. The number of nitro groups is 1. The number of amidine groups is 1. The van der Waals surface area contributed by atoms with Gasteiger partial charge in [0.05, 0.1) is 23.7 Å². The van der Waals surface area contributed by atoms with Crippen LogP contribution >= 0.6 is 0 Å². The monoisotopic (exact) mass is 459 g/mol. The fraction of sp³-hybridized carbons (Fsp3) is 0.364. The van der Waals surface area contributed by atoms with Crippen LogP contribution in [-0.2, 0) is 6.42 Å². The van der Waals surface area contributed by atoms with Crippen molar-refractivity contribution in [2.45, 2.75) is 39.5 Å². The molecule has 2 rings (SSSR count). The van der Waals surface area contributed by atoms with Gasteiger partial charge in [-0.1, -0.05) is 13.3 Å². The Kier molecular flexibility index (Phi) is 9.43. The first-order valence-corrected chi connectivity index (χ1v) is 10.5. The molecule has 0 aromatic heterocycles. The van der Waals surface area contributed by atoms with E-state index in [9.17, 15) is 20.0 Å². The Hall–Kier alpha value is -3.86. The summed E-state index contributed by atoms with van der Waals surface area (Å²) >= 11 is 0. The summed E-state index contributed by atoms with van der Waals surface area (Å²) in [6, 6.07) is 7.52. The molecule has 11 heteroatoms. The molecule has 0 spiro atoms. The third-order valence-corrected chi connectivity index (χ3v) is 4.81. The first-order valence-electron chi connectivity index (χ1n) is 10.5. The van der Waals surface area contributed by atoms with Crippen molar-refractivity contribution in [1.82, 2.24) is 5.53 Å². The Balaban J connectivity index is 1.93. The minimum atomic E-state index is -0.558. The topological polar surface area (TPSA) is 175 Å². The van der Waals surface area contributed by atoms with E-state index in [0.717, 1.165) is 6.42 Å². The fourth-order valence-corrected chi connectivity index (χ4v) is 3.17. The highest BCUT2D eigenvalue weighted by atomic mass is 16.6. The van der Waals surface area contributed by atoms with Crippen LogP contribution in [0.4, 0.5) is 5.69 Å². The molecule has 0 atom stereocenters. The van der Waals surface area contributed by atoms with E-state index >= 15 is 0 Å². The summed E-state index contributed by atoms with van der Waals surface area (Å²) in [6.45, 7) is 3.99. The van der Waals surface area contributed by atoms with Gasteiger partial charge < -0.3 is 20.3 Å². The number of Topliss-reactive ketones (excluding diaryl/α,β-unsaturated/α-hetero) is 1. The van der Waals surface area contributed by atoms with Gasteiger partial charge in [0.15, 0.2) is 17.4 Å². The summed E-state index contributed by atoms with van der Waals surface area (Å²) in [5, 5.41) is 25.4. The van der Waals surface area contributed by atoms with Gasteiger partial charge in [0.2, 0.25) is 0 Å². The highest BCUT2D eigenvalue weighted by Gasteiger charge is 2.18. The molecular formula is C22H29N5O6. The molecule has 11 nitrogen and oxygen atoms in total. The van der Waals surface area contributed by atoms with Crippen LogP contribution in [-0.4, -0.2) is 34.9 Å². The van der Waals surface area contributed by atoms with Gasteiger partial charge in [-0.2, -0.15) is 0 Å². The molecule has 6 N–H and O–H groups in total. The minimum absolute atomic E-state index is 0.00844. The summed E-state index contributed by atoms with van der Waals surface area (Å²) < 4.78 is 11.4. The van der Waals surface area contributed by atoms with Crippen molar-refractivity contribution in [3.8, 4) is 17.2 Å². The molecule has 0 aliphatic carbocycles. The maximum Gasteiger partial charge on any atom is 0.311 e. The third kappa shape index (κ3) is 6.81. The van der Waals surface area contributed by atoms with Crippen LogP contribution in [0.3, 0.4) is 0 Å². The average Bonchev–Trinajstić information content (AvgIpc) is 2.78. The number of rotatable bonds is 13. The molecule has 0 bridgehead atoms. The van der Waals surface area contributed by atoms with Gasteiger partial charge >= 0.3 is 5.69 Å². The van der Waals surface area contributed by atoms with Gasteiger partial charge in [-0.3, -0.25) is 14.9 Å². The zero-order valence-corrected chi connectivity index (χ0v) is 18.7. The Morgan fingerprint density at radius 3 is 2.39 bits per heavy atom. The number of ketones is 1. The van der Waals surface area contributed by atoms with Crippen molar-refractivity contribution in [2.75, 3.05) is 13.2 Å². The smallest absolute Gasteiger partial charge is 0.311 e. The normalized spacial score (nSPS) is 11.2. The second-order valence-electron chi connectivity index (χ2n) is 7.21. The predicted molar refractivity (Wildman–Crippen MR) is 123 cm³/mol. The number of nitrogens with zero attached hydrogens (tertiary/aromatic N) is 2. The van der Waals surface area contributed by atoms with Gasteiger partial charge in [-0.25, -0.2) is 11.4 Å². The predicted octanol–water partition coefficient (Wildman–Crippen LogP) is 2.78. The van der Waals surface area contributed by atoms with Gasteiger partial charge in [-0.05, 0) is 50.5 Å². The van der Waals surface area contributed by atoms with Crippen LogP contribution in [0, 0.1) is 10.1 Å². The van der Waals surface area contributed by atoms with Crippen molar-refractivity contribution >= 4 is 17.3 Å². The summed E-state index contributed by atoms with van der Waals surface area (Å²) in [5.41, 5.74) is 8.72. The molecule has 0 aliphatic heterocycles. The van der Waals surface area contributed by atoms with Crippen molar-refractivity contribution in [2.24, 2.45) is 16.7 Å². The molecule has 0 unspecified atom stereocenters. The van der Waals surface area contributed by atoms with Crippen molar-refractivity contribution in [3.05, 3.63) is 57.1 Å². The molecule has 0 aliphatic rings. The van der Waals surface area contributed by atoms with Crippen LogP contribution in [0.5, 0.6) is 17.2 Å². The second-order valence-corrected chi connectivity index (χ2v) is 7.21. The number of nitrogens with one attached hydrogen (secondary N) is 1. The maximum atomic E-state index is 11.7. The Morgan fingerprint density at radius 2 is 1.82 bits per heavy atom. The molecule has 0 radical (unpaired) electrons. The lowest BCUT2D eigenvalue weighted by atomic mass is 10.0. The zero-order valence-electron chi connectivity index (χ0n) is 18.7. The quantitative estimate of drug-likeness (QED) is 0.0667. The highest BCUT2D eigenvalue weighted by Crippen LogP contribution is 2.33. The first kappa shape index (κ1) is 25.4. The molecule has 2 aromatic rings. The van der Waals surface area contributed by atoms with E-state index < -0.39 is 4.92 Å². The number of unbranched alkanes of at least 4 members (excludes halogenated alkanes) is 1. The number of hydrogen-bond donors (Lipinski definition) is 4. The minimum Gasteiger partial charge on any atom is -0.507 e. The molecule has 0 fully saturated rings. The fourth-order valence-electron chi connectivity index (χ4n) is 3.17. The van der Waals surface area contributed by atoms with Crippen LogP contribution < -0.4 is 26.6 Å². The van der Waals surface area contributed by atoms with Crippen molar-refractivity contribution in [3.63, 3.8) is 0 Å². The molecular weight excluding hydrogens is 430 g/mol. The Morgan fingerprint density at radius 1 is 1.18 bits per heavy atom. The lowest BCUT2D eigenvalue weighted by Gasteiger charge is -2.14. The van der Waals surface area contributed by atoms with Gasteiger partial charge in [-0.15, -0.1) is 5.10 Å². The van der Waals surface area contributed by atoms with Crippen LogP contribution in [0.1, 0.15) is 54.6 Å². The molecule has 0 saturated carbocycles. The van der Waals surface area contributed by atoms with Crippen LogP contribution in [0.15, 0.2) is 35.4 Å². The third-order valence-electron chi connectivity index (χ3n) is 4.81. The van der Waals surface area contributed by atoms with Gasteiger partial charge in [0.1, 0.15) is 11.5 Å². The van der Waals surface area contributed by atoms with E-state index in [-0.39, 0.29) is 41.0 Å². The van der Waals surface area contributed by atoms with E-state index in [1.807, 2.05) is 12.5 Å². The lowest BCUT2D eigenvalue weighted by Crippen LogP contribution is -2.23. The molecule has 0 saturated heterocycles. The second kappa shape index (κ2) is 12.2. The number of carbonyl (C=O) groups excluding carboxylic acids is 1. The summed E-state index contributed by atoms with van der Waals surface area (Å²) in [4.78, 5) is 22.5. The molecule has 178 valence electrons. The van der Waals surface area contributed by atoms with Crippen LogP contribution in [0.25, 0.3) is 0 Å². The van der Waals surface area contributed by atoms with E-state index in [0.29, 0.717) is 42.7 Å². The number of nitro benzene ring substituents is 1. The SMILES string of the molecule is CCCc1c(OCCCCOc2ccc(/C(N)=N/NN)cc2[N+](=O)[O-])ccc(C(C)=O)c1O. The zero-order chi connectivity index (χ0) is 24.4. The van der Waals surface area contributed by atoms with Gasteiger partial charge in [0, 0.05) is 17.2 Å². The molecule has 2 aromatic carbocycles. The highest BCUT2D eigenvalue weighted by molar-refractivity contribution is 5.98. The largest absolute Gasteiger partial charge is 0.507 e. The summed E-state index contributed by atoms with van der Waals surface area (Å²) in [5.74, 6) is 5.50. The van der Waals surface area contributed by atoms with E-state index in [1.165, 1.54) is 19.1 Å². The number of hydrogen-bond acceptors (Lipinski definition) is 9. The van der Waals surface area contributed by atoms with Crippen molar-refractivity contribution < 1.29 is 24.3 Å². The number of hydrazine groups is 1. The maximum absolute atomic E-state index is 11.7. The number of hydrazone groups is 1. The number of phenolic OH excluding ortho intramolecular Hbond substituents is 1. The number of ether oxygens (including phenoxy) is 2. The number of nitrogens with two attached hydrogens (primary N) is 2. The number of benzene rings is 2. The molecule has 0 amide bonds. The van der Waals surface area contributed by atoms with E-state index in [4.69, 9.17) is 21.1 Å². The number of phenols is 1. The first-order chi connectivity index (χ1) is 15.8. The van der Waals surface area contributed by atoms with Crippen molar-refractivity contribution in [1.29, 1.82) is 0 Å². The Labute approximate surface area is 191 Å². The lowest BCUT2D eigenvalue weighted by molar-refractivity contribution is -0.385.